The number of isocyanates is 4. The van der Waals surface area contributed by atoms with Crippen LogP contribution in [0.2, 0.25) is 0 Å². The first-order valence-corrected chi connectivity index (χ1v) is 7.29. The molecule has 0 aliphatic heterocycles. The molecule has 0 fully saturated rings. The van der Waals surface area contributed by atoms with Crippen molar-refractivity contribution < 1.29 is 19.2 Å². The molecule has 0 radical (unpaired) electrons. The molecule has 0 saturated carbocycles. The molecular formula is C18H10N4O4. The van der Waals surface area contributed by atoms with Gasteiger partial charge in [0.25, 0.3) is 0 Å². The molecule has 0 spiro atoms. The van der Waals surface area contributed by atoms with E-state index in [0.29, 0.717) is 46.7 Å². The van der Waals surface area contributed by atoms with Gasteiger partial charge in [-0.1, -0.05) is 12.1 Å². The third kappa shape index (κ3) is 4.73. The quantitative estimate of drug-likeness (QED) is 0.564. The van der Waals surface area contributed by atoms with Crippen LogP contribution in [0.15, 0.2) is 56.4 Å². The van der Waals surface area contributed by atoms with Crippen LogP contribution in [-0.2, 0) is 32.0 Å². The molecule has 0 amide bonds. The van der Waals surface area contributed by atoms with E-state index in [9.17, 15) is 19.2 Å². The number of aryl methyl sites for hydroxylation is 2. The van der Waals surface area contributed by atoms with E-state index in [1.807, 2.05) is 0 Å². The van der Waals surface area contributed by atoms with Crippen molar-refractivity contribution in [3.63, 3.8) is 0 Å². The smallest absolute Gasteiger partial charge is 0.211 e. The van der Waals surface area contributed by atoms with E-state index in [0.717, 1.165) is 0 Å². The number of hydrogen-bond acceptors (Lipinski definition) is 8. The lowest BCUT2D eigenvalue weighted by molar-refractivity contribution is 0.564. The van der Waals surface area contributed by atoms with Gasteiger partial charge >= 0.3 is 0 Å². The van der Waals surface area contributed by atoms with Gasteiger partial charge in [0.1, 0.15) is 0 Å². The van der Waals surface area contributed by atoms with Gasteiger partial charge in [-0.25, -0.2) is 19.2 Å². The van der Waals surface area contributed by atoms with Crippen LogP contribution in [0.3, 0.4) is 0 Å². The Kier molecular flexibility index (Phi) is 6.55. The maximum absolute atomic E-state index is 10.6. The Labute approximate surface area is 147 Å². The van der Waals surface area contributed by atoms with Crippen molar-refractivity contribution in [2.24, 2.45) is 20.0 Å². The topological polar surface area (TPSA) is 118 Å². The highest BCUT2D eigenvalue weighted by molar-refractivity contribution is 5.64. The standard InChI is InChI=1S/C18H10N4O4/c23-9-19-15-5-3-13(17(7-15)21-11-25)1-2-14-4-6-16(20-10-24)8-18(14)22-12-26/h3-8H,1-2H2. The first-order chi connectivity index (χ1) is 12.7. The SMILES string of the molecule is O=C=Nc1ccc(CCc2ccc(N=C=O)cc2N=C=O)c(N=C=O)c1. The molecule has 2 aromatic carbocycles. The molecule has 0 bridgehead atoms. The second kappa shape index (κ2) is 9.30. The van der Waals surface area contributed by atoms with Gasteiger partial charge in [0, 0.05) is 0 Å². The van der Waals surface area contributed by atoms with E-state index >= 15 is 0 Å². The average Bonchev–Trinajstić information content (AvgIpc) is 2.63. The van der Waals surface area contributed by atoms with E-state index in [-0.39, 0.29) is 0 Å². The Morgan fingerprint density at radius 2 is 0.962 bits per heavy atom. The molecular weight excluding hydrogens is 336 g/mol. The summed E-state index contributed by atoms with van der Waals surface area (Å²) in [5, 5.41) is 0. The summed E-state index contributed by atoms with van der Waals surface area (Å²) >= 11 is 0. The van der Waals surface area contributed by atoms with Gasteiger partial charge in [0.05, 0.1) is 22.7 Å². The highest BCUT2D eigenvalue weighted by atomic mass is 16.1. The molecule has 0 N–H and O–H groups in total. The molecule has 2 aromatic rings. The second-order valence-electron chi connectivity index (χ2n) is 4.94. The number of benzene rings is 2. The van der Waals surface area contributed by atoms with Gasteiger partial charge in [-0.15, -0.1) is 0 Å². The first-order valence-electron chi connectivity index (χ1n) is 7.29. The maximum atomic E-state index is 10.6. The fourth-order valence-corrected chi connectivity index (χ4v) is 2.35. The van der Waals surface area contributed by atoms with Crippen molar-refractivity contribution >= 4 is 47.1 Å². The minimum atomic E-state index is 0.320. The minimum absolute atomic E-state index is 0.320. The van der Waals surface area contributed by atoms with Gasteiger partial charge in [-0.3, -0.25) is 0 Å². The average molecular weight is 346 g/mol. The highest BCUT2D eigenvalue weighted by Gasteiger charge is 2.08. The van der Waals surface area contributed by atoms with Gasteiger partial charge in [-0.05, 0) is 48.2 Å². The van der Waals surface area contributed by atoms with E-state index in [2.05, 4.69) is 20.0 Å². The van der Waals surface area contributed by atoms with Crippen molar-refractivity contribution in [1.29, 1.82) is 0 Å². The molecule has 0 atom stereocenters. The van der Waals surface area contributed by atoms with E-state index in [1.54, 1.807) is 24.3 Å². The van der Waals surface area contributed by atoms with E-state index in [4.69, 9.17) is 0 Å². The lowest BCUT2D eigenvalue weighted by atomic mass is 10.0. The molecule has 8 heteroatoms. The van der Waals surface area contributed by atoms with Crippen molar-refractivity contribution in [3.8, 4) is 0 Å². The highest BCUT2D eigenvalue weighted by Crippen LogP contribution is 2.29. The van der Waals surface area contributed by atoms with E-state index in [1.165, 1.54) is 36.5 Å². The van der Waals surface area contributed by atoms with Crippen LogP contribution >= 0.6 is 0 Å². The van der Waals surface area contributed by atoms with Crippen molar-refractivity contribution in [3.05, 3.63) is 47.5 Å². The predicted molar refractivity (Wildman–Crippen MR) is 91.4 cm³/mol. The minimum Gasteiger partial charge on any atom is -0.211 e. The van der Waals surface area contributed by atoms with E-state index < -0.39 is 0 Å². The number of rotatable bonds is 7. The van der Waals surface area contributed by atoms with Gasteiger partial charge < -0.3 is 0 Å². The summed E-state index contributed by atoms with van der Waals surface area (Å²) in [6.45, 7) is 0. The molecule has 0 aliphatic rings. The summed E-state index contributed by atoms with van der Waals surface area (Å²) in [4.78, 5) is 56.1. The Morgan fingerprint density at radius 3 is 1.31 bits per heavy atom. The van der Waals surface area contributed by atoms with Crippen LogP contribution in [0, 0.1) is 0 Å². The summed E-state index contributed by atoms with van der Waals surface area (Å²) in [5.41, 5.74) is 2.74. The van der Waals surface area contributed by atoms with Crippen LogP contribution in [0.25, 0.3) is 0 Å². The summed E-state index contributed by atoms with van der Waals surface area (Å²) in [6, 6.07) is 9.49. The molecule has 126 valence electrons. The van der Waals surface area contributed by atoms with Gasteiger partial charge in [0.2, 0.25) is 24.3 Å². The normalized spacial score (nSPS) is 9.08. The number of hydrogen-bond donors (Lipinski definition) is 0. The second-order valence-corrected chi connectivity index (χ2v) is 4.94. The lowest BCUT2D eigenvalue weighted by Gasteiger charge is -2.08. The van der Waals surface area contributed by atoms with Crippen LogP contribution in [-0.4, -0.2) is 24.3 Å². The molecule has 0 heterocycles. The molecule has 0 unspecified atom stereocenters. The monoisotopic (exact) mass is 346 g/mol. The zero-order valence-corrected chi connectivity index (χ0v) is 13.3. The predicted octanol–water partition coefficient (Wildman–Crippen LogP) is 3.34. The maximum Gasteiger partial charge on any atom is 0.240 e. The van der Waals surface area contributed by atoms with Gasteiger partial charge in [0.15, 0.2) is 0 Å². The summed E-state index contributed by atoms with van der Waals surface area (Å²) in [6.07, 6.45) is 6.68. The summed E-state index contributed by atoms with van der Waals surface area (Å²) in [7, 11) is 0. The molecule has 26 heavy (non-hydrogen) atoms. The zero-order chi connectivity index (χ0) is 18.8. The van der Waals surface area contributed by atoms with Crippen molar-refractivity contribution in [2.75, 3.05) is 0 Å². The lowest BCUT2D eigenvalue weighted by Crippen LogP contribution is -1.93. The van der Waals surface area contributed by atoms with Crippen LogP contribution < -0.4 is 0 Å². The zero-order valence-electron chi connectivity index (χ0n) is 13.3. The molecule has 2 rings (SSSR count). The number of carbonyl (C=O) groups excluding carboxylic acids is 4. The fourth-order valence-electron chi connectivity index (χ4n) is 2.35. The van der Waals surface area contributed by atoms with Crippen molar-refractivity contribution in [1.82, 2.24) is 0 Å². The molecule has 0 saturated heterocycles. The fraction of sp³-hybridized carbons (Fsp3) is 0.111. The first kappa shape index (κ1) is 18.3. The summed E-state index contributed by atoms with van der Waals surface area (Å²) in [5.74, 6) is 0. The Balaban J connectivity index is 2.33. The van der Waals surface area contributed by atoms with Crippen molar-refractivity contribution in [2.45, 2.75) is 12.8 Å². The third-order valence-corrected chi connectivity index (χ3v) is 3.48. The summed E-state index contributed by atoms with van der Waals surface area (Å²) < 4.78 is 0. The van der Waals surface area contributed by atoms with Crippen LogP contribution in [0.4, 0.5) is 22.7 Å². The third-order valence-electron chi connectivity index (χ3n) is 3.48. The number of nitrogens with zero attached hydrogens (tertiary/aromatic N) is 4. The van der Waals surface area contributed by atoms with Gasteiger partial charge in [-0.2, -0.15) is 20.0 Å². The largest absolute Gasteiger partial charge is 0.240 e. The van der Waals surface area contributed by atoms with Crippen LogP contribution in [0.5, 0.6) is 0 Å². The Bertz CT molecular complexity index is 938. The Morgan fingerprint density at radius 1 is 0.577 bits per heavy atom. The Hall–Kier alpha value is -4.04. The number of aliphatic imine (C=N–C) groups is 4. The molecule has 8 nitrogen and oxygen atoms in total. The molecule has 0 aromatic heterocycles. The van der Waals surface area contributed by atoms with Crippen LogP contribution in [0.1, 0.15) is 11.1 Å². The molecule has 0 aliphatic carbocycles.